The Bertz CT molecular complexity index is 1570. The van der Waals surface area contributed by atoms with Crippen molar-refractivity contribution in [2.45, 2.75) is 57.0 Å². The Hall–Kier alpha value is -5.72. The molecular weight excluding hydrogens is 628 g/mol. The number of aldehydes is 1. The monoisotopic (exact) mass is 670 g/mol. The van der Waals surface area contributed by atoms with Gasteiger partial charge in [0.1, 0.15) is 31.6 Å². The van der Waals surface area contributed by atoms with Gasteiger partial charge in [-0.15, -0.1) is 0 Å². The number of carbonyl (C=O) groups is 5. The zero-order valence-corrected chi connectivity index (χ0v) is 27.4. The van der Waals surface area contributed by atoms with Gasteiger partial charge in [0.25, 0.3) is 5.91 Å². The van der Waals surface area contributed by atoms with E-state index in [0.29, 0.717) is 37.7 Å². The number of alkyl carbamates (subject to hydrolysis) is 1. The predicted octanol–water partition coefficient (Wildman–Crippen LogP) is 3.69. The van der Waals surface area contributed by atoms with Crippen LogP contribution in [-0.2, 0) is 37.1 Å². The van der Waals surface area contributed by atoms with Crippen LogP contribution < -0.4 is 16.4 Å². The first-order chi connectivity index (χ1) is 23.8. The molecule has 3 aromatic rings. The summed E-state index contributed by atoms with van der Waals surface area (Å²) in [5.41, 5.74) is 7.98. The number of carbonyl (C=O) groups excluding carboxylic acids is 5. The minimum Gasteiger partial charge on any atom is -0.445 e. The standard InChI is InChI=1S/C36H42N6O7/c1-41(36(47)49-25-27-15-7-3-8-16-27)31(28-17-9-4-10-18-28)33(45)42-22-12-20-30(42)32(44)39-29(23-43)19-11-21-38-34(37)40-35(46)48-24-26-13-5-2-6-14-26/h2-10,13-18,23,29-31H,11-12,19-22,24-25H2,1H3,(H,39,44)(H3,37,38,40,46)/t29-,30-,31+/m0/s1. The van der Waals surface area contributed by atoms with Crippen LogP contribution in [0.2, 0.25) is 0 Å². The minimum atomic E-state index is -1.03. The molecule has 3 atom stereocenters. The second kappa shape index (κ2) is 18.6. The number of likely N-dealkylation sites (tertiary alicyclic amines) is 1. The van der Waals surface area contributed by atoms with Gasteiger partial charge in [-0.05, 0) is 42.4 Å². The predicted molar refractivity (Wildman–Crippen MR) is 182 cm³/mol. The number of hydrogen-bond donors (Lipinski definition) is 3. The number of rotatable bonds is 14. The fourth-order valence-electron chi connectivity index (χ4n) is 5.42. The van der Waals surface area contributed by atoms with Crippen LogP contribution in [-0.4, -0.2) is 78.3 Å². The van der Waals surface area contributed by atoms with Crippen LogP contribution in [0.1, 0.15) is 48.4 Å². The number of ether oxygens (including phenoxy) is 2. The number of hydrogen-bond acceptors (Lipinski definition) is 8. The van der Waals surface area contributed by atoms with Crippen molar-refractivity contribution in [2.24, 2.45) is 10.7 Å². The second-order valence-corrected chi connectivity index (χ2v) is 11.5. The smallest absolute Gasteiger partial charge is 0.414 e. The first-order valence-corrected chi connectivity index (χ1v) is 16.1. The van der Waals surface area contributed by atoms with Crippen molar-refractivity contribution in [1.29, 1.82) is 0 Å². The molecular formula is C36H42N6O7. The topological polar surface area (TPSA) is 173 Å². The highest BCUT2D eigenvalue weighted by Gasteiger charge is 2.40. The van der Waals surface area contributed by atoms with Gasteiger partial charge in [-0.1, -0.05) is 91.0 Å². The van der Waals surface area contributed by atoms with E-state index in [-0.39, 0.29) is 32.1 Å². The third-order valence-electron chi connectivity index (χ3n) is 7.96. The van der Waals surface area contributed by atoms with Gasteiger partial charge in [-0.2, -0.15) is 0 Å². The Kier molecular flexibility index (Phi) is 13.7. The summed E-state index contributed by atoms with van der Waals surface area (Å²) in [6.45, 7) is 0.616. The van der Waals surface area contributed by atoms with E-state index < -0.39 is 42.1 Å². The van der Waals surface area contributed by atoms with E-state index in [1.54, 1.807) is 24.3 Å². The largest absolute Gasteiger partial charge is 0.445 e. The van der Waals surface area contributed by atoms with Gasteiger partial charge in [0.2, 0.25) is 5.91 Å². The van der Waals surface area contributed by atoms with Crippen molar-refractivity contribution in [3.05, 3.63) is 108 Å². The lowest BCUT2D eigenvalue weighted by atomic mass is 10.0. The Morgan fingerprint density at radius 1 is 0.939 bits per heavy atom. The van der Waals surface area contributed by atoms with Gasteiger partial charge < -0.3 is 30.2 Å². The Labute approximate surface area is 285 Å². The van der Waals surface area contributed by atoms with Gasteiger partial charge in [0.05, 0.1) is 6.04 Å². The molecule has 0 aliphatic carbocycles. The number of guanidine groups is 1. The Morgan fingerprint density at radius 3 is 2.14 bits per heavy atom. The lowest BCUT2D eigenvalue weighted by molar-refractivity contribution is -0.142. The Morgan fingerprint density at radius 2 is 1.53 bits per heavy atom. The molecule has 0 aromatic heterocycles. The summed E-state index contributed by atoms with van der Waals surface area (Å²) < 4.78 is 10.6. The number of likely N-dealkylation sites (N-methyl/N-ethyl adjacent to an activating group) is 1. The first kappa shape index (κ1) is 36.1. The number of nitrogens with zero attached hydrogens (tertiary/aromatic N) is 3. The molecule has 0 unspecified atom stereocenters. The lowest BCUT2D eigenvalue weighted by Gasteiger charge is -2.33. The van der Waals surface area contributed by atoms with E-state index in [4.69, 9.17) is 15.2 Å². The molecule has 4 amide bonds. The van der Waals surface area contributed by atoms with Crippen molar-refractivity contribution in [3.8, 4) is 0 Å². The van der Waals surface area contributed by atoms with Crippen LogP contribution in [0.4, 0.5) is 9.59 Å². The second-order valence-electron chi connectivity index (χ2n) is 11.5. The maximum Gasteiger partial charge on any atom is 0.414 e. The lowest BCUT2D eigenvalue weighted by Crippen LogP contribution is -2.52. The third-order valence-corrected chi connectivity index (χ3v) is 7.96. The molecule has 13 nitrogen and oxygen atoms in total. The van der Waals surface area contributed by atoms with Crippen molar-refractivity contribution in [1.82, 2.24) is 20.4 Å². The summed E-state index contributed by atoms with van der Waals surface area (Å²) in [5, 5.41) is 5.08. The molecule has 4 N–H and O–H groups in total. The van der Waals surface area contributed by atoms with Crippen molar-refractivity contribution >= 4 is 36.2 Å². The Balaban J connectivity index is 1.30. The molecule has 13 heteroatoms. The van der Waals surface area contributed by atoms with E-state index in [9.17, 15) is 24.0 Å². The number of nitrogens with two attached hydrogens (primary N) is 1. The van der Waals surface area contributed by atoms with E-state index in [2.05, 4.69) is 15.6 Å². The fraction of sp³-hybridized carbons (Fsp3) is 0.333. The number of amides is 4. The van der Waals surface area contributed by atoms with E-state index in [1.807, 2.05) is 66.7 Å². The average Bonchev–Trinajstić information content (AvgIpc) is 3.63. The highest BCUT2D eigenvalue weighted by molar-refractivity contribution is 5.93. The number of benzene rings is 3. The normalized spacial score (nSPS) is 15.4. The van der Waals surface area contributed by atoms with Crippen LogP contribution in [0.3, 0.4) is 0 Å². The van der Waals surface area contributed by atoms with Crippen LogP contribution in [0.15, 0.2) is 96.0 Å². The maximum atomic E-state index is 14.1. The van der Waals surface area contributed by atoms with Gasteiger partial charge in [-0.3, -0.25) is 24.8 Å². The summed E-state index contributed by atoms with van der Waals surface area (Å²) in [6.07, 6.45) is 0.818. The van der Waals surface area contributed by atoms with Gasteiger partial charge in [-0.25, -0.2) is 9.59 Å². The highest BCUT2D eigenvalue weighted by Crippen LogP contribution is 2.28. The highest BCUT2D eigenvalue weighted by atomic mass is 16.6. The molecule has 1 aliphatic rings. The van der Waals surface area contributed by atoms with Gasteiger partial charge in [0, 0.05) is 20.1 Å². The summed E-state index contributed by atoms with van der Waals surface area (Å²) in [6, 6.07) is 24.5. The summed E-state index contributed by atoms with van der Waals surface area (Å²) in [5.74, 6) is -1.02. The van der Waals surface area contributed by atoms with E-state index >= 15 is 0 Å². The molecule has 1 aliphatic heterocycles. The molecule has 1 heterocycles. The third kappa shape index (κ3) is 10.9. The summed E-state index contributed by atoms with van der Waals surface area (Å²) in [4.78, 5) is 71.2. The van der Waals surface area contributed by atoms with Gasteiger partial charge in [0.15, 0.2) is 5.96 Å². The SMILES string of the molecule is CN(C(=O)OCc1ccccc1)[C@@H](C(=O)N1CCC[C@H]1C(=O)N[C@H](C=O)CCCN=C(N)NC(=O)OCc1ccccc1)c1ccccc1. The molecule has 1 saturated heterocycles. The minimum absolute atomic E-state index is 0.0389. The van der Waals surface area contributed by atoms with E-state index in [0.717, 1.165) is 11.1 Å². The maximum absolute atomic E-state index is 14.1. The molecule has 3 aromatic carbocycles. The van der Waals surface area contributed by atoms with Crippen LogP contribution in [0, 0.1) is 0 Å². The van der Waals surface area contributed by atoms with Crippen LogP contribution in [0.25, 0.3) is 0 Å². The van der Waals surface area contributed by atoms with Crippen molar-refractivity contribution in [3.63, 3.8) is 0 Å². The number of aliphatic imine (C=N–C) groups is 1. The van der Waals surface area contributed by atoms with Crippen LogP contribution >= 0.6 is 0 Å². The molecule has 49 heavy (non-hydrogen) atoms. The molecule has 0 radical (unpaired) electrons. The fourth-order valence-corrected chi connectivity index (χ4v) is 5.42. The molecule has 258 valence electrons. The van der Waals surface area contributed by atoms with Crippen molar-refractivity contribution < 1.29 is 33.4 Å². The first-order valence-electron chi connectivity index (χ1n) is 16.1. The molecule has 0 spiro atoms. The molecule has 1 fully saturated rings. The average molecular weight is 671 g/mol. The molecule has 0 saturated carbocycles. The van der Waals surface area contributed by atoms with E-state index in [1.165, 1.54) is 16.8 Å². The quantitative estimate of drug-likeness (QED) is 0.101. The van der Waals surface area contributed by atoms with Crippen LogP contribution in [0.5, 0.6) is 0 Å². The molecule has 4 rings (SSSR count). The number of nitrogens with one attached hydrogen (secondary N) is 2. The van der Waals surface area contributed by atoms with Crippen molar-refractivity contribution in [2.75, 3.05) is 20.1 Å². The summed E-state index contributed by atoms with van der Waals surface area (Å²) in [7, 11) is 1.49. The summed E-state index contributed by atoms with van der Waals surface area (Å²) >= 11 is 0. The zero-order valence-electron chi connectivity index (χ0n) is 27.4. The molecule has 0 bridgehead atoms. The van der Waals surface area contributed by atoms with Gasteiger partial charge >= 0.3 is 12.2 Å². The zero-order chi connectivity index (χ0) is 35.0.